The molecule has 1 N–H and O–H groups in total. The van der Waals surface area contributed by atoms with Crippen LogP contribution in [0.2, 0.25) is 0 Å². The average molecular weight is 345 g/mol. The van der Waals surface area contributed by atoms with Crippen LogP contribution in [0.1, 0.15) is 36.2 Å². The van der Waals surface area contributed by atoms with Gasteiger partial charge in [-0.1, -0.05) is 0 Å². The van der Waals surface area contributed by atoms with Gasteiger partial charge in [0.05, 0.1) is 12.7 Å². The molecule has 2 saturated carbocycles. The highest BCUT2D eigenvalue weighted by atomic mass is 16.5. The summed E-state index contributed by atoms with van der Waals surface area (Å²) in [5.41, 5.74) is 3.57. The molecule has 1 aromatic heterocycles. The summed E-state index contributed by atoms with van der Waals surface area (Å²) in [6, 6.07) is 2.18. The molecule has 0 radical (unpaired) electrons. The molecule has 3 fully saturated rings. The number of carbonyl (C=O) groups is 1. The molecule has 3 unspecified atom stereocenters. The van der Waals surface area contributed by atoms with E-state index in [4.69, 9.17) is 4.74 Å². The fourth-order valence-corrected chi connectivity index (χ4v) is 4.39. The van der Waals surface area contributed by atoms with Crippen LogP contribution in [0.3, 0.4) is 0 Å². The highest BCUT2D eigenvalue weighted by Crippen LogP contribution is 2.55. The molecule has 138 valence electrons. The van der Waals surface area contributed by atoms with E-state index in [2.05, 4.69) is 41.7 Å². The maximum atomic E-state index is 13.2. The second-order valence-electron chi connectivity index (χ2n) is 8.42. The first-order valence-corrected chi connectivity index (χ1v) is 9.75. The number of rotatable bonds is 6. The first kappa shape index (κ1) is 17.1. The van der Waals surface area contributed by atoms with Gasteiger partial charge in [-0.25, -0.2) is 0 Å². The number of amides is 1. The quantitative estimate of drug-likeness (QED) is 0.861. The van der Waals surface area contributed by atoms with Crippen molar-refractivity contribution >= 4 is 5.91 Å². The van der Waals surface area contributed by atoms with E-state index in [1.165, 1.54) is 24.1 Å². The largest absolute Gasteiger partial charge is 0.374 e. The number of hydrogen-bond donors (Lipinski definition) is 1. The van der Waals surface area contributed by atoms with E-state index in [-0.39, 0.29) is 12.0 Å². The third-order valence-corrected chi connectivity index (χ3v) is 6.08. The number of carbonyl (C=O) groups excluding carboxylic acids is 1. The van der Waals surface area contributed by atoms with Crippen molar-refractivity contribution in [2.24, 2.45) is 17.8 Å². The smallest absolute Gasteiger partial charge is 0.226 e. The maximum Gasteiger partial charge on any atom is 0.226 e. The molecule has 1 aliphatic heterocycles. The predicted molar refractivity (Wildman–Crippen MR) is 97.2 cm³/mol. The number of aryl methyl sites for hydroxylation is 2. The number of likely N-dealkylation sites (N-methyl/N-ethyl adjacent to an activating group) is 1. The van der Waals surface area contributed by atoms with Crippen molar-refractivity contribution < 1.29 is 9.53 Å². The van der Waals surface area contributed by atoms with E-state index < -0.39 is 0 Å². The average Bonchev–Trinajstić information content (AvgIpc) is 3.44. The number of H-pyrrole nitrogens is 1. The number of nitrogens with zero attached hydrogens (tertiary/aromatic N) is 2. The Hall–Kier alpha value is -1.33. The first-order valence-electron chi connectivity index (χ1n) is 9.75. The Morgan fingerprint density at radius 3 is 2.84 bits per heavy atom. The normalized spacial score (nSPS) is 29.6. The van der Waals surface area contributed by atoms with E-state index in [9.17, 15) is 4.79 Å². The third-order valence-electron chi connectivity index (χ3n) is 6.08. The number of aromatic nitrogens is 1. The molecule has 1 amide bonds. The lowest BCUT2D eigenvalue weighted by Gasteiger charge is -2.34. The Morgan fingerprint density at radius 2 is 2.20 bits per heavy atom. The van der Waals surface area contributed by atoms with Crippen molar-refractivity contribution in [3.8, 4) is 0 Å². The fourth-order valence-electron chi connectivity index (χ4n) is 4.39. The van der Waals surface area contributed by atoms with E-state index >= 15 is 0 Å². The Balaban J connectivity index is 1.46. The number of hydrogen-bond acceptors (Lipinski definition) is 3. The Morgan fingerprint density at radius 1 is 1.40 bits per heavy atom. The van der Waals surface area contributed by atoms with Gasteiger partial charge in [-0.15, -0.1) is 0 Å². The molecule has 4 rings (SSSR count). The van der Waals surface area contributed by atoms with Crippen LogP contribution in [0, 0.1) is 31.6 Å². The lowest BCUT2D eigenvalue weighted by molar-refractivity contribution is -0.137. The van der Waals surface area contributed by atoms with E-state index in [1.54, 1.807) is 0 Å². The van der Waals surface area contributed by atoms with Crippen LogP contribution >= 0.6 is 0 Å². The highest BCUT2D eigenvalue weighted by Gasteiger charge is 2.52. The van der Waals surface area contributed by atoms with Gasteiger partial charge in [-0.3, -0.25) is 4.79 Å². The number of morpholine rings is 1. The first-order chi connectivity index (χ1) is 12.0. The molecule has 1 saturated heterocycles. The summed E-state index contributed by atoms with van der Waals surface area (Å²) in [5.74, 6) is 2.13. The molecular weight excluding hydrogens is 314 g/mol. The van der Waals surface area contributed by atoms with E-state index in [0.29, 0.717) is 24.9 Å². The van der Waals surface area contributed by atoms with Crippen LogP contribution in [0.25, 0.3) is 0 Å². The van der Waals surface area contributed by atoms with E-state index in [1.807, 2.05) is 0 Å². The number of aromatic amines is 1. The van der Waals surface area contributed by atoms with Crippen molar-refractivity contribution in [1.82, 2.24) is 14.8 Å². The molecule has 25 heavy (non-hydrogen) atoms. The fraction of sp³-hybridized carbons (Fsp3) is 0.750. The molecular formula is C20H31N3O2. The summed E-state index contributed by atoms with van der Waals surface area (Å²) < 4.78 is 5.95. The third kappa shape index (κ3) is 3.93. The zero-order valence-corrected chi connectivity index (χ0v) is 15.8. The van der Waals surface area contributed by atoms with Crippen LogP contribution in [0.5, 0.6) is 0 Å². The molecule has 5 heteroatoms. The van der Waals surface area contributed by atoms with Crippen molar-refractivity contribution in [1.29, 1.82) is 0 Å². The Labute approximate surface area is 150 Å². The van der Waals surface area contributed by atoms with Crippen LogP contribution in [0.4, 0.5) is 0 Å². The van der Waals surface area contributed by atoms with Crippen LogP contribution in [-0.2, 0) is 16.1 Å². The van der Waals surface area contributed by atoms with Crippen molar-refractivity contribution in [3.05, 3.63) is 23.0 Å². The van der Waals surface area contributed by atoms with Crippen LogP contribution < -0.4 is 0 Å². The zero-order chi connectivity index (χ0) is 17.6. The molecule has 3 aliphatic rings. The molecule has 0 aromatic carbocycles. The summed E-state index contributed by atoms with van der Waals surface area (Å²) in [5, 5.41) is 0. The van der Waals surface area contributed by atoms with Crippen LogP contribution in [-0.4, -0.2) is 60.1 Å². The van der Waals surface area contributed by atoms with Gasteiger partial charge in [-0.2, -0.15) is 0 Å². The summed E-state index contributed by atoms with van der Waals surface area (Å²) >= 11 is 0. The summed E-state index contributed by atoms with van der Waals surface area (Å²) in [4.78, 5) is 20.9. The second kappa shape index (κ2) is 6.76. The van der Waals surface area contributed by atoms with Gasteiger partial charge >= 0.3 is 0 Å². The van der Waals surface area contributed by atoms with Gasteiger partial charge in [0.15, 0.2) is 0 Å². The Bertz CT molecular complexity index is 637. The molecule has 2 aliphatic carbocycles. The lowest BCUT2D eigenvalue weighted by atomic mass is 10.1. The molecule has 0 bridgehead atoms. The van der Waals surface area contributed by atoms with Gasteiger partial charge in [0, 0.05) is 43.5 Å². The van der Waals surface area contributed by atoms with Gasteiger partial charge in [0.2, 0.25) is 5.91 Å². The zero-order valence-electron chi connectivity index (χ0n) is 15.8. The van der Waals surface area contributed by atoms with Gasteiger partial charge in [-0.05, 0) is 63.6 Å². The van der Waals surface area contributed by atoms with E-state index in [0.717, 1.165) is 37.7 Å². The monoisotopic (exact) mass is 345 g/mol. The minimum absolute atomic E-state index is 0.126. The highest BCUT2D eigenvalue weighted by molar-refractivity contribution is 5.82. The van der Waals surface area contributed by atoms with Crippen molar-refractivity contribution in [2.75, 3.05) is 33.3 Å². The number of nitrogens with one attached hydrogen (secondary N) is 1. The topological polar surface area (TPSA) is 48.6 Å². The minimum atomic E-state index is 0.126. The van der Waals surface area contributed by atoms with Crippen molar-refractivity contribution in [2.45, 2.75) is 45.8 Å². The van der Waals surface area contributed by atoms with Gasteiger partial charge in [0.25, 0.3) is 0 Å². The molecule has 1 aromatic rings. The summed E-state index contributed by atoms with van der Waals surface area (Å²) in [6.45, 7) is 8.23. The summed E-state index contributed by atoms with van der Waals surface area (Å²) in [7, 11) is 2.13. The SMILES string of the molecule is Cc1cc(CN(CC2CN(C)CCO2)C(=O)C2CC2C2CC2)c(C)[nH]1. The standard InChI is InChI=1S/C20H31N3O2/c1-13-8-16(14(2)21-13)10-23(12-17-11-22(3)6-7-25-17)20(24)19-9-18(19)15-4-5-15/h8,15,17-19,21H,4-7,9-12H2,1-3H3. The maximum absolute atomic E-state index is 13.2. The van der Waals surface area contributed by atoms with Gasteiger partial charge < -0.3 is 19.5 Å². The number of ether oxygens (including phenoxy) is 1. The van der Waals surface area contributed by atoms with Gasteiger partial charge in [0.1, 0.15) is 0 Å². The molecule has 5 nitrogen and oxygen atoms in total. The molecule has 2 heterocycles. The van der Waals surface area contributed by atoms with Crippen molar-refractivity contribution in [3.63, 3.8) is 0 Å². The summed E-state index contributed by atoms with van der Waals surface area (Å²) in [6.07, 6.45) is 3.90. The molecule has 0 spiro atoms. The lowest BCUT2D eigenvalue weighted by Crippen LogP contribution is -2.47. The predicted octanol–water partition coefficient (Wildman–Crippen LogP) is 2.34. The second-order valence-corrected chi connectivity index (χ2v) is 8.42. The minimum Gasteiger partial charge on any atom is -0.374 e. The van der Waals surface area contributed by atoms with Crippen LogP contribution in [0.15, 0.2) is 6.07 Å². The Kier molecular flexibility index (Phi) is 4.63. The molecule has 3 atom stereocenters.